The van der Waals surface area contributed by atoms with Crippen molar-refractivity contribution < 1.29 is 4.74 Å². The molecule has 0 fully saturated rings. The van der Waals surface area contributed by atoms with Crippen LogP contribution in [0.15, 0.2) is 60.9 Å². The molecule has 0 aliphatic rings. The van der Waals surface area contributed by atoms with Gasteiger partial charge in [-0.2, -0.15) is 0 Å². The summed E-state index contributed by atoms with van der Waals surface area (Å²) in [7, 11) is 1.66. The molecule has 0 aliphatic carbocycles. The summed E-state index contributed by atoms with van der Waals surface area (Å²) in [6.45, 7) is 0.662. The molecule has 0 amide bonds. The van der Waals surface area contributed by atoms with Gasteiger partial charge in [-0.3, -0.25) is 0 Å². The molecule has 0 radical (unpaired) electrons. The fraction of sp³-hybridized carbons (Fsp3) is 0.111. The first-order valence-corrected chi connectivity index (χ1v) is 7.63. The van der Waals surface area contributed by atoms with Crippen LogP contribution in [0.1, 0.15) is 11.1 Å². The molecule has 3 aromatic rings. The number of aromatic nitrogens is 2. The second-order valence-corrected chi connectivity index (χ2v) is 5.57. The molecule has 2 N–H and O–H groups in total. The summed E-state index contributed by atoms with van der Waals surface area (Å²) in [5.74, 6) is 1.72. The summed E-state index contributed by atoms with van der Waals surface area (Å²) in [6, 6.07) is 15.8. The van der Waals surface area contributed by atoms with Gasteiger partial charge < -0.3 is 15.0 Å². The van der Waals surface area contributed by atoms with E-state index < -0.39 is 0 Å². The smallest absolute Gasteiger partial charge is 0.140 e. The fourth-order valence-electron chi connectivity index (χ4n) is 2.52. The number of thiocarbonyl (C=S) groups is 1. The number of hydrogen-bond acceptors (Lipinski definition) is 3. The van der Waals surface area contributed by atoms with Crippen LogP contribution in [-0.2, 0) is 6.54 Å². The zero-order valence-corrected chi connectivity index (χ0v) is 13.6. The van der Waals surface area contributed by atoms with E-state index in [1.54, 1.807) is 13.3 Å². The average molecular weight is 323 g/mol. The van der Waals surface area contributed by atoms with Crippen LogP contribution >= 0.6 is 12.2 Å². The Morgan fingerprint density at radius 3 is 2.61 bits per heavy atom. The molecule has 5 heteroatoms. The van der Waals surface area contributed by atoms with Crippen molar-refractivity contribution in [3.63, 3.8) is 0 Å². The standard InChI is InChI=1S/C18H17N3OS/c1-22-15-8-6-13(7-9-15)18-20-10-11-21(18)12-14-4-2-3-5-16(14)17(19)23/h2-11H,12H2,1H3,(H2,19,23). The number of nitrogens with zero attached hydrogens (tertiary/aromatic N) is 2. The number of ether oxygens (including phenoxy) is 1. The van der Waals surface area contributed by atoms with Crippen molar-refractivity contribution >= 4 is 17.2 Å². The Balaban J connectivity index is 1.94. The fourth-order valence-corrected chi connectivity index (χ4v) is 2.72. The number of benzene rings is 2. The van der Waals surface area contributed by atoms with E-state index in [2.05, 4.69) is 9.55 Å². The van der Waals surface area contributed by atoms with Gasteiger partial charge >= 0.3 is 0 Å². The molecule has 0 bridgehead atoms. The van der Waals surface area contributed by atoms with Gasteiger partial charge in [-0.05, 0) is 29.8 Å². The molecule has 0 unspecified atom stereocenters. The van der Waals surface area contributed by atoms with Crippen molar-refractivity contribution in [2.45, 2.75) is 6.54 Å². The number of methoxy groups -OCH3 is 1. The van der Waals surface area contributed by atoms with E-state index in [0.717, 1.165) is 28.3 Å². The van der Waals surface area contributed by atoms with Crippen molar-refractivity contribution in [3.05, 3.63) is 72.1 Å². The summed E-state index contributed by atoms with van der Waals surface area (Å²) < 4.78 is 7.28. The molecule has 3 rings (SSSR count). The van der Waals surface area contributed by atoms with Crippen LogP contribution in [0.5, 0.6) is 5.75 Å². The zero-order chi connectivity index (χ0) is 16.2. The Bertz CT molecular complexity index is 824. The molecule has 1 aromatic heterocycles. The van der Waals surface area contributed by atoms with Gasteiger partial charge in [0, 0.05) is 30.1 Å². The highest BCUT2D eigenvalue weighted by Gasteiger charge is 2.10. The minimum Gasteiger partial charge on any atom is -0.497 e. The Morgan fingerprint density at radius 1 is 1.17 bits per heavy atom. The quantitative estimate of drug-likeness (QED) is 0.732. The number of nitrogens with two attached hydrogens (primary N) is 1. The summed E-state index contributed by atoms with van der Waals surface area (Å²) >= 11 is 5.14. The lowest BCUT2D eigenvalue weighted by Gasteiger charge is -2.12. The van der Waals surface area contributed by atoms with E-state index in [0.29, 0.717) is 11.5 Å². The molecule has 1 heterocycles. The summed E-state index contributed by atoms with van der Waals surface area (Å²) in [6.07, 6.45) is 3.75. The maximum Gasteiger partial charge on any atom is 0.140 e. The average Bonchev–Trinajstić information content (AvgIpc) is 3.03. The van der Waals surface area contributed by atoms with E-state index in [1.165, 1.54) is 0 Å². The number of rotatable bonds is 5. The predicted molar refractivity (Wildman–Crippen MR) is 95.6 cm³/mol. The second-order valence-electron chi connectivity index (χ2n) is 5.13. The molecule has 0 spiro atoms. The number of imidazole rings is 1. The van der Waals surface area contributed by atoms with Crippen molar-refractivity contribution in [1.29, 1.82) is 0 Å². The third kappa shape index (κ3) is 3.24. The van der Waals surface area contributed by atoms with Gasteiger partial charge in [-0.15, -0.1) is 0 Å². The van der Waals surface area contributed by atoms with Crippen molar-refractivity contribution in [2.24, 2.45) is 5.73 Å². The monoisotopic (exact) mass is 323 g/mol. The molecule has 0 aliphatic heterocycles. The first-order chi connectivity index (χ1) is 11.2. The lowest BCUT2D eigenvalue weighted by atomic mass is 10.1. The van der Waals surface area contributed by atoms with Gasteiger partial charge in [0.15, 0.2) is 0 Å². The van der Waals surface area contributed by atoms with E-state index in [9.17, 15) is 0 Å². The summed E-state index contributed by atoms with van der Waals surface area (Å²) in [5.41, 5.74) is 8.82. The predicted octanol–water partition coefficient (Wildman–Crippen LogP) is 3.24. The molecule has 4 nitrogen and oxygen atoms in total. The van der Waals surface area contributed by atoms with E-state index in [1.807, 2.05) is 54.7 Å². The Kier molecular flexibility index (Phi) is 4.39. The van der Waals surface area contributed by atoms with Gasteiger partial charge in [0.05, 0.1) is 7.11 Å². The van der Waals surface area contributed by atoms with Gasteiger partial charge in [0.2, 0.25) is 0 Å². The number of hydrogen-bond donors (Lipinski definition) is 1. The molecule has 0 saturated heterocycles. The summed E-state index contributed by atoms with van der Waals surface area (Å²) in [4.78, 5) is 4.88. The van der Waals surface area contributed by atoms with Crippen LogP contribution < -0.4 is 10.5 Å². The van der Waals surface area contributed by atoms with Crippen LogP contribution in [-0.4, -0.2) is 21.6 Å². The molecule has 2 aromatic carbocycles. The van der Waals surface area contributed by atoms with Gasteiger partial charge in [-0.1, -0.05) is 36.5 Å². The largest absolute Gasteiger partial charge is 0.497 e. The maximum absolute atomic E-state index is 5.82. The third-order valence-corrected chi connectivity index (χ3v) is 3.91. The summed E-state index contributed by atoms with van der Waals surface area (Å²) in [5, 5.41) is 0. The van der Waals surface area contributed by atoms with Crippen LogP contribution in [0.25, 0.3) is 11.4 Å². The Hall–Kier alpha value is -2.66. The lowest BCUT2D eigenvalue weighted by molar-refractivity contribution is 0.415. The van der Waals surface area contributed by atoms with E-state index >= 15 is 0 Å². The molecule has 116 valence electrons. The molecular weight excluding hydrogens is 306 g/mol. The van der Waals surface area contributed by atoms with E-state index in [-0.39, 0.29) is 0 Å². The van der Waals surface area contributed by atoms with Crippen LogP contribution in [0, 0.1) is 0 Å². The van der Waals surface area contributed by atoms with Crippen LogP contribution in [0.4, 0.5) is 0 Å². The zero-order valence-electron chi connectivity index (χ0n) is 12.8. The highest BCUT2D eigenvalue weighted by Crippen LogP contribution is 2.22. The molecule has 0 saturated carbocycles. The van der Waals surface area contributed by atoms with Crippen molar-refractivity contribution in [2.75, 3.05) is 7.11 Å². The first-order valence-electron chi connectivity index (χ1n) is 7.22. The normalized spacial score (nSPS) is 10.5. The third-order valence-electron chi connectivity index (χ3n) is 3.69. The van der Waals surface area contributed by atoms with Gasteiger partial charge in [-0.25, -0.2) is 4.98 Å². The molecule has 23 heavy (non-hydrogen) atoms. The Morgan fingerprint density at radius 2 is 1.91 bits per heavy atom. The van der Waals surface area contributed by atoms with Gasteiger partial charge in [0.1, 0.15) is 16.6 Å². The second kappa shape index (κ2) is 6.62. The van der Waals surface area contributed by atoms with Crippen LogP contribution in [0.2, 0.25) is 0 Å². The van der Waals surface area contributed by atoms with Crippen molar-refractivity contribution in [3.8, 4) is 17.1 Å². The highest BCUT2D eigenvalue weighted by molar-refractivity contribution is 7.80. The minimum atomic E-state index is 0.409. The first kappa shape index (κ1) is 15.2. The Labute approximate surface area is 140 Å². The van der Waals surface area contributed by atoms with Gasteiger partial charge in [0.25, 0.3) is 0 Å². The van der Waals surface area contributed by atoms with Crippen molar-refractivity contribution in [1.82, 2.24) is 9.55 Å². The van der Waals surface area contributed by atoms with Crippen LogP contribution in [0.3, 0.4) is 0 Å². The van der Waals surface area contributed by atoms with E-state index in [4.69, 9.17) is 22.7 Å². The minimum absolute atomic E-state index is 0.409. The lowest BCUT2D eigenvalue weighted by Crippen LogP contribution is -2.14. The topological polar surface area (TPSA) is 53.1 Å². The highest BCUT2D eigenvalue weighted by atomic mass is 32.1. The SMILES string of the molecule is COc1ccc(-c2nccn2Cc2ccccc2C(N)=S)cc1. The molecular formula is C18H17N3OS. The maximum atomic E-state index is 5.82. The molecule has 0 atom stereocenters.